The Balaban J connectivity index is 1.69. The quantitative estimate of drug-likeness (QED) is 0.700. The van der Waals surface area contributed by atoms with E-state index in [4.69, 9.17) is 0 Å². The van der Waals surface area contributed by atoms with Crippen molar-refractivity contribution in [3.63, 3.8) is 0 Å². The molecule has 2 aliphatic rings. The minimum atomic E-state index is 0.943. The van der Waals surface area contributed by atoms with Crippen LogP contribution in [0, 0.1) is 11.8 Å². The van der Waals surface area contributed by atoms with Gasteiger partial charge in [-0.1, -0.05) is 6.92 Å². The Morgan fingerprint density at radius 2 is 1.90 bits per heavy atom. The van der Waals surface area contributed by atoms with E-state index in [0.717, 1.165) is 24.9 Å². The standard InChI is InChI=1S/C17H27N3/c1-2-8-18-10-16-11-19-9-7-17(16)20(12-14-3-4-14)13-15-5-6-15/h7,9,11,14-15,18H,2-6,8,10,12-13H2,1H3. The van der Waals surface area contributed by atoms with Gasteiger partial charge in [0.1, 0.15) is 0 Å². The fraction of sp³-hybridized carbons (Fsp3) is 0.706. The zero-order valence-corrected chi connectivity index (χ0v) is 12.6. The van der Waals surface area contributed by atoms with E-state index in [-0.39, 0.29) is 0 Å². The second-order valence-electron chi connectivity index (χ2n) is 6.47. The molecule has 3 nitrogen and oxygen atoms in total. The number of nitrogens with one attached hydrogen (secondary N) is 1. The number of hydrogen-bond acceptors (Lipinski definition) is 3. The molecule has 1 aromatic heterocycles. The lowest BCUT2D eigenvalue weighted by Gasteiger charge is -2.27. The lowest BCUT2D eigenvalue weighted by molar-refractivity contribution is 0.653. The normalized spacial score (nSPS) is 18.2. The Morgan fingerprint density at radius 3 is 2.50 bits per heavy atom. The van der Waals surface area contributed by atoms with Gasteiger partial charge in [-0.05, 0) is 56.6 Å². The van der Waals surface area contributed by atoms with Gasteiger partial charge >= 0.3 is 0 Å². The SMILES string of the molecule is CCCNCc1cnccc1N(CC1CC1)CC1CC1. The number of aromatic nitrogens is 1. The lowest BCUT2D eigenvalue weighted by atomic mass is 10.1. The summed E-state index contributed by atoms with van der Waals surface area (Å²) in [4.78, 5) is 6.97. The van der Waals surface area contributed by atoms with E-state index in [0.29, 0.717) is 0 Å². The maximum atomic E-state index is 4.33. The molecule has 1 N–H and O–H groups in total. The van der Waals surface area contributed by atoms with Gasteiger partial charge in [0.2, 0.25) is 0 Å². The molecule has 0 spiro atoms. The Morgan fingerprint density at radius 1 is 1.20 bits per heavy atom. The van der Waals surface area contributed by atoms with E-state index in [9.17, 15) is 0 Å². The fourth-order valence-corrected chi connectivity index (χ4v) is 2.76. The van der Waals surface area contributed by atoms with Gasteiger partial charge in [-0.2, -0.15) is 0 Å². The summed E-state index contributed by atoms with van der Waals surface area (Å²) in [6.07, 6.45) is 10.9. The molecule has 2 aliphatic carbocycles. The van der Waals surface area contributed by atoms with Crippen LogP contribution in [0.4, 0.5) is 5.69 Å². The van der Waals surface area contributed by atoms with Crippen molar-refractivity contribution in [3.8, 4) is 0 Å². The van der Waals surface area contributed by atoms with Crippen LogP contribution in [-0.4, -0.2) is 24.6 Å². The van der Waals surface area contributed by atoms with Gasteiger partial charge in [-0.25, -0.2) is 0 Å². The van der Waals surface area contributed by atoms with Crippen molar-refractivity contribution in [2.24, 2.45) is 11.8 Å². The average Bonchev–Trinajstić information content (AvgIpc) is 3.34. The van der Waals surface area contributed by atoms with Gasteiger partial charge < -0.3 is 10.2 Å². The van der Waals surface area contributed by atoms with E-state index in [1.165, 1.54) is 56.4 Å². The van der Waals surface area contributed by atoms with Crippen molar-refractivity contribution in [1.82, 2.24) is 10.3 Å². The molecular weight excluding hydrogens is 246 g/mol. The second-order valence-corrected chi connectivity index (χ2v) is 6.47. The third kappa shape index (κ3) is 3.95. The van der Waals surface area contributed by atoms with Gasteiger partial charge in [0.15, 0.2) is 0 Å². The van der Waals surface area contributed by atoms with E-state index < -0.39 is 0 Å². The summed E-state index contributed by atoms with van der Waals surface area (Å²) in [5, 5.41) is 3.52. The van der Waals surface area contributed by atoms with Gasteiger partial charge in [-0.15, -0.1) is 0 Å². The first-order valence-electron chi connectivity index (χ1n) is 8.25. The number of nitrogens with zero attached hydrogens (tertiary/aromatic N) is 2. The summed E-state index contributed by atoms with van der Waals surface area (Å²) in [5.74, 6) is 1.89. The summed E-state index contributed by atoms with van der Waals surface area (Å²) in [7, 11) is 0. The maximum absolute atomic E-state index is 4.33. The van der Waals surface area contributed by atoms with Crippen LogP contribution in [0.3, 0.4) is 0 Å². The zero-order valence-electron chi connectivity index (χ0n) is 12.6. The Kier molecular flexibility index (Phi) is 4.56. The molecule has 0 bridgehead atoms. The molecule has 0 aliphatic heterocycles. The molecule has 0 atom stereocenters. The molecule has 110 valence electrons. The molecule has 3 heteroatoms. The molecule has 0 unspecified atom stereocenters. The highest BCUT2D eigenvalue weighted by Gasteiger charge is 2.30. The molecule has 20 heavy (non-hydrogen) atoms. The van der Waals surface area contributed by atoms with E-state index in [2.05, 4.69) is 28.2 Å². The number of anilines is 1. The highest BCUT2D eigenvalue weighted by atomic mass is 15.1. The van der Waals surface area contributed by atoms with Crippen molar-refractivity contribution in [2.45, 2.75) is 45.6 Å². The van der Waals surface area contributed by atoms with Gasteiger partial charge in [0.25, 0.3) is 0 Å². The Hall–Kier alpha value is -1.09. The smallest absolute Gasteiger partial charge is 0.0443 e. The predicted molar refractivity (Wildman–Crippen MR) is 83.9 cm³/mol. The van der Waals surface area contributed by atoms with Gasteiger partial charge in [0.05, 0.1) is 0 Å². The Labute approximate surface area is 122 Å². The van der Waals surface area contributed by atoms with Crippen LogP contribution < -0.4 is 10.2 Å². The molecule has 0 amide bonds. The largest absolute Gasteiger partial charge is 0.371 e. The third-order valence-corrected chi connectivity index (χ3v) is 4.31. The minimum absolute atomic E-state index is 0.943. The van der Waals surface area contributed by atoms with Crippen LogP contribution in [0.2, 0.25) is 0 Å². The highest BCUT2D eigenvalue weighted by Crippen LogP contribution is 2.36. The number of hydrogen-bond donors (Lipinski definition) is 1. The van der Waals surface area contributed by atoms with Crippen LogP contribution in [0.1, 0.15) is 44.6 Å². The summed E-state index contributed by atoms with van der Waals surface area (Å²) in [6, 6.07) is 2.22. The average molecular weight is 273 g/mol. The molecule has 0 saturated heterocycles. The van der Waals surface area contributed by atoms with Crippen molar-refractivity contribution in [2.75, 3.05) is 24.5 Å². The molecule has 1 heterocycles. The first-order chi connectivity index (χ1) is 9.86. The fourth-order valence-electron chi connectivity index (χ4n) is 2.76. The Bertz CT molecular complexity index is 410. The predicted octanol–water partition coefficient (Wildman–Crippen LogP) is 3.21. The third-order valence-electron chi connectivity index (χ3n) is 4.31. The van der Waals surface area contributed by atoms with Crippen LogP contribution in [-0.2, 0) is 6.54 Å². The van der Waals surface area contributed by atoms with Crippen molar-refractivity contribution >= 4 is 5.69 Å². The maximum Gasteiger partial charge on any atom is 0.0443 e. The van der Waals surface area contributed by atoms with Crippen LogP contribution >= 0.6 is 0 Å². The molecule has 0 aromatic carbocycles. The number of rotatable bonds is 9. The van der Waals surface area contributed by atoms with Crippen LogP contribution in [0.5, 0.6) is 0 Å². The molecular formula is C17H27N3. The summed E-state index contributed by atoms with van der Waals surface area (Å²) < 4.78 is 0. The van der Waals surface area contributed by atoms with Crippen molar-refractivity contribution in [3.05, 3.63) is 24.0 Å². The van der Waals surface area contributed by atoms with Gasteiger partial charge in [0, 0.05) is 43.3 Å². The summed E-state index contributed by atoms with van der Waals surface area (Å²) in [5.41, 5.74) is 2.78. The first-order valence-corrected chi connectivity index (χ1v) is 8.25. The van der Waals surface area contributed by atoms with E-state index >= 15 is 0 Å². The number of pyridine rings is 1. The van der Waals surface area contributed by atoms with Crippen LogP contribution in [0.15, 0.2) is 18.5 Å². The monoisotopic (exact) mass is 273 g/mol. The van der Waals surface area contributed by atoms with Crippen molar-refractivity contribution in [1.29, 1.82) is 0 Å². The van der Waals surface area contributed by atoms with Crippen molar-refractivity contribution < 1.29 is 0 Å². The summed E-state index contributed by atoms with van der Waals surface area (Å²) in [6.45, 7) is 6.74. The summed E-state index contributed by atoms with van der Waals surface area (Å²) >= 11 is 0. The molecule has 1 aromatic rings. The van der Waals surface area contributed by atoms with E-state index in [1.54, 1.807) is 0 Å². The zero-order chi connectivity index (χ0) is 13.8. The molecule has 3 rings (SSSR count). The first kappa shape index (κ1) is 13.9. The lowest BCUT2D eigenvalue weighted by Crippen LogP contribution is -2.30. The van der Waals surface area contributed by atoms with Crippen LogP contribution in [0.25, 0.3) is 0 Å². The van der Waals surface area contributed by atoms with Gasteiger partial charge in [-0.3, -0.25) is 4.98 Å². The van der Waals surface area contributed by atoms with E-state index in [1.807, 2.05) is 12.4 Å². The molecule has 2 saturated carbocycles. The topological polar surface area (TPSA) is 28.2 Å². The molecule has 2 fully saturated rings. The minimum Gasteiger partial charge on any atom is -0.371 e. The molecule has 0 radical (unpaired) electrons. The second kappa shape index (κ2) is 6.57. The highest BCUT2D eigenvalue weighted by molar-refractivity contribution is 5.52.